The van der Waals surface area contributed by atoms with Gasteiger partial charge in [-0.15, -0.1) is 11.3 Å². The second-order valence-electron chi connectivity index (χ2n) is 4.43. The van der Waals surface area contributed by atoms with E-state index in [4.69, 9.17) is 4.74 Å². The minimum absolute atomic E-state index is 0.207. The molecule has 18 heavy (non-hydrogen) atoms. The zero-order chi connectivity index (χ0) is 13.0. The first kappa shape index (κ1) is 12.9. The average Bonchev–Trinajstić information content (AvgIpc) is 2.84. The molecule has 1 atom stereocenters. The molecule has 96 valence electrons. The lowest BCUT2D eigenvalue weighted by atomic mass is 10.2. The fourth-order valence-electron chi connectivity index (χ4n) is 1.66. The zero-order valence-electron chi connectivity index (χ0n) is 10.9. The number of thiazole rings is 1. The number of benzene rings is 1. The molecule has 2 rings (SSSR count). The molecule has 0 aliphatic heterocycles. The molecule has 1 N–H and O–H groups in total. The molecular weight excluding hydrogens is 244 g/mol. The fraction of sp³-hybridized carbons (Fsp3) is 0.357. The molecule has 0 aliphatic carbocycles. The predicted molar refractivity (Wildman–Crippen MR) is 76.4 cm³/mol. The minimum Gasteiger partial charge on any atom is -0.491 e. The van der Waals surface area contributed by atoms with Gasteiger partial charge in [0.15, 0.2) is 0 Å². The summed E-state index contributed by atoms with van der Waals surface area (Å²) in [6.45, 7) is 6.16. The Hall–Kier alpha value is -1.55. The van der Waals surface area contributed by atoms with Crippen molar-refractivity contribution in [1.82, 2.24) is 4.98 Å². The van der Waals surface area contributed by atoms with Gasteiger partial charge >= 0.3 is 0 Å². The predicted octanol–water partition coefficient (Wildman–Crippen LogP) is 4.10. The van der Waals surface area contributed by atoms with Gasteiger partial charge in [-0.2, -0.15) is 0 Å². The second-order valence-corrected chi connectivity index (χ2v) is 5.35. The van der Waals surface area contributed by atoms with E-state index in [-0.39, 0.29) is 12.1 Å². The SMILES string of the molecule is CC(C)Oc1ccc(NC(C)c2nccs2)cc1. The van der Waals surface area contributed by atoms with Crippen LogP contribution in [0.2, 0.25) is 0 Å². The lowest BCUT2D eigenvalue weighted by molar-refractivity contribution is 0.242. The van der Waals surface area contributed by atoms with Crippen LogP contribution in [-0.4, -0.2) is 11.1 Å². The maximum atomic E-state index is 5.61. The molecule has 0 radical (unpaired) electrons. The zero-order valence-corrected chi connectivity index (χ0v) is 11.7. The number of anilines is 1. The van der Waals surface area contributed by atoms with Gasteiger partial charge in [0.1, 0.15) is 10.8 Å². The van der Waals surface area contributed by atoms with Crippen molar-refractivity contribution in [2.45, 2.75) is 32.9 Å². The standard InChI is InChI=1S/C14H18N2OS/c1-10(2)17-13-6-4-12(5-7-13)16-11(3)14-15-8-9-18-14/h4-11,16H,1-3H3. The molecule has 0 fully saturated rings. The van der Waals surface area contributed by atoms with Gasteiger partial charge in [0.2, 0.25) is 0 Å². The summed E-state index contributed by atoms with van der Waals surface area (Å²) in [6, 6.07) is 8.25. The summed E-state index contributed by atoms with van der Waals surface area (Å²) >= 11 is 1.66. The Balaban J connectivity index is 1.98. The molecule has 0 amide bonds. The third-order valence-electron chi connectivity index (χ3n) is 2.43. The molecule has 0 saturated carbocycles. The van der Waals surface area contributed by atoms with Crippen molar-refractivity contribution in [1.29, 1.82) is 0 Å². The highest BCUT2D eigenvalue weighted by molar-refractivity contribution is 7.09. The number of aromatic nitrogens is 1. The van der Waals surface area contributed by atoms with Crippen LogP contribution >= 0.6 is 11.3 Å². The van der Waals surface area contributed by atoms with Crippen molar-refractivity contribution >= 4 is 17.0 Å². The first-order valence-electron chi connectivity index (χ1n) is 6.08. The topological polar surface area (TPSA) is 34.1 Å². The summed E-state index contributed by atoms with van der Waals surface area (Å²) in [5.41, 5.74) is 1.08. The molecule has 0 bridgehead atoms. The van der Waals surface area contributed by atoms with Crippen LogP contribution in [-0.2, 0) is 0 Å². The van der Waals surface area contributed by atoms with Crippen LogP contribution < -0.4 is 10.1 Å². The highest BCUT2D eigenvalue weighted by atomic mass is 32.1. The number of hydrogen-bond donors (Lipinski definition) is 1. The summed E-state index contributed by atoms with van der Waals surface area (Å²) in [5, 5.41) is 6.51. The number of nitrogens with one attached hydrogen (secondary N) is 1. The van der Waals surface area contributed by atoms with Gasteiger partial charge in [0.25, 0.3) is 0 Å². The lowest BCUT2D eigenvalue weighted by Crippen LogP contribution is -2.07. The summed E-state index contributed by atoms with van der Waals surface area (Å²) in [5.74, 6) is 0.900. The molecule has 1 unspecified atom stereocenters. The summed E-state index contributed by atoms with van der Waals surface area (Å²) in [7, 11) is 0. The molecule has 1 heterocycles. The van der Waals surface area contributed by atoms with Gasteiger partial charge in [0.05, 0.1) is 12.1 Å². The number of rotatable bonds is 5. The molecule has 1 aromatic carbocycles. The van der Waals surface area contributed by atoms with Gasteiger partial charge in [-0.3, -0.25) is 0 Å². The molecule has 0 saturated heterocycles. The van der Waals surface area contributed by atoms with Crippen molar-refractivity contribution in [2.75, 3.05) is 5.32 Å². The average molecular weight is 262 g/mol. The van der Waals surface area contributed by atoms with Crippen LogP contribution in [0.4, 0.5) is 5.69 Å². The number of hydrogen-bond acceptors (Lipinski definition) is 4. The van der Waals surface area contributed by atoms with Gasteiger partial charge in [0, 0.05) is 17.3 Å². The van der Waals surface area contributed by atoms with E-state index in [1.807, 2.05) is 49.7 Å². The van der Waals surface area contributed by atoms with E-state index in [2.05, 4.69) is 17.2 Å². The Bertz CT molecular complexity index is 465. The van der Waals surface area contributed by atoms with Gasteiger partial charge in [-0.05, 0) is 45.0 Å². The molecule has 0 spiro atoms. The molecule has 4 heteroatoms. The van der Waals surface area contributed by atoms with Gasteiger partial charge in [-0.25, -0.2) is 4.98 Å². The number of ether oxygens (including phenoxy) is 1. The van der Waals surface area contributed by atoms with Crippen LogP contribution in [0.5, 0.6) is 5.75 Å². The summed E-state index contributed by atoms with van der Waals surface area (Å²) in [6.07, 6.45) is 2.04. The van der Waals surface area contributed by atoms with Crippen LogP contribution in [0.1, 0.15) is 31.8 Å². The first-order valence-corrected chi connectivity index (χ1v) is 6.96. The normalized spacial score (nSPS) is 12.4. The Kier molecular flexibility index (Phi) is 4.20. The van der Waals surface area contributed by atoms with Crippen LogP contribution in [0.3, 0.4) is 0 Å². The monoisotopic (exact) mass is 262 g/mol. The third kappa shape index (κ3) is 3.47. The van der Waals surface area contributed by atoms with E-state index >= 15 is 0 Å². The van der Waals surface area contributed by atoms with Crippen LogP contribution in [0, 0.1) is 0 Å². The third-order valence-corrected chi connectivity index (χ3v) is 3.39. The quantitative estimate of drug-likeness (QED) is 0.880. The highest BCUT2D eigenvalue weighted by Gasteiger charge is 2.07. The smallest absolute Gasteiger partial charge is 0.119 e. The maximum absolute atomic E-state index is 5.61. The summed E-state index contributed by atoms with van der Waals surface area (Å²) < 4.78 is 5.61. The van der Waals surface area contributed by atoms with Gasteiger partial charge < -0.3 is 10.1 Å². The van der Waals surface area contributed by atoms with Gasteiger partial charge in [-0.1, -0.05) is 0 Å². The van der Waals surface area contributed by atoms with E-state index in [9.17, 15) is 0 Å². The van der Waals surface area contributed by atoms with E-state index in [1.165, 1.54) is 0 Å². The van der Waals surface area contributed by atoms with Crippen molar-refractivity contribution in [3.63, 3.8) is 0 Å². The van der Waals surface area contributed by atoms with Crippen molar-refractivity contribution in [3.8, 4) is 5.75 Å². The second kappa shape index (κ2) is 5.87. The largest absolute Gasteiger partial charge is 0.491 e. The van der Waals surface area contributed by atoms with Crippen LogP contribution in [0.25, 0.3) is 0 Å². The van der Waals surface area contributed by atoms with Crippen molar-refractivity contribution in [3.05, 3.63) is 40.8 Å². The Labute approximate surface area is 112 Å². The lowest BCUT2D eigenvalue weighted by Gasteiger charge is -2.14. The first-order chi connectivity index (χ1) is 8.65. The highest BCUT2D eigenvalue weighted by Crippen LogP contribution is 2.23. The Morgan fingerprint density at radius 3 is 2.44 bits per heavy atom. The fourth-order valence-corrected chi connectivity index (χ4v) is 2.31. The molecule has 2 aromatic rings. The van der Waals surface area contributed by atoms with E-state index in [1.54, 1.807) is 11.3 Å². The number of nitrogens with zero attached hydrogens (tertiary/aromatic N) is 1. The maximum Gasteiger partial charge on any atom is 0.119 e. The Morgan fingerprint density at radius 2 is 1.89 bits per heavy atom. The van der Waals surface area contributed by atoms with E-state index in [0.29, 0.717) is 0 Å². The minimum atomic E-state index is 0.207. The summed E-state index contributed by atoms with van der Waals surface area (Å²) in [4.78, 5) is 4.30. The van der Waals surface area contributed by atoms with E-state index < -0.39 is 0 Å². The van der Waals surface area contributed by atoms with Crippen molar-refractivity contribution in [2.24, 2.45) is 0 Å². The van der Waals surface area contributed by atoms with Crippen LogP contribution in [0.15, 0.2) is 35.8 Å². The molecule has 0 aliphatic rings. The van der Waals surface area contributed by atoms with Crippen molar-refractivity contribution < 1.29 is 4.74 Å². The molecular formula is C14H18N2OS. The Morgan fingerprint density at radius 1 is 1.17 bits per heavy atom. The molecule has 3 nitrogen and oxygen atoms in total. The van der Waals surface area contributed by atoms with E-state index in [0.717, 1.165) is 16.4 Å². The molecule has 1 aromatic heterocycles.